The van der Waals surface area contributed by atoms with E-state index in [1.807, 2.05) is 0 Å². The van der Waals surface area contributed by atoms with E-state index in [1.165, 1.54) is 37.7 Å². The van der Waals surface area contributed by atoms with Gasteiger partial charge in [0.2, 0.25) is 0 Å². The molecule has 0 aliphatic heterocycles. The van der Waals surface area contributed by atoms with E-state index in [0.717, 1.165) is 25.3 Å². The van der Waals surface area contributed by atoms with E-state index < -0.39 is 0 Å². The minimum atomic E-state index is 0.314. The molecule has 2 nitrogen and oxygen atoms in total. The fourth-order valence-corrected chi connectivity index (χ4v) is 2.50. The minimum absolute atomic E-state index is 0.314. The Kier molecular flexibility index (Phi) is 9.31. The van der Waals surface area contributed by atoms with Gasteiger partial charge in [-0.1, -0.05) is 71.9 Å². The number of rotatable bonds is 11. The van der Waals surface area contributed by atoms with Crippen molar-refractivity contribution in [2.75, 3.05) is 13.2 Å². The minimum Gasteiger partial charge on any atom is -0.494 e. The SMILES string of the molecule is CCCCCCCCOc1ccc(C(C)NCC(C)(C)C)cc1. The van der Waals surface area contributed by atoms with Gasteiger partial charge in [-0.15, -0.1) is 0 Å². The summed E-state index contributed by atoms with van der Waals surface area (Å²) in [6.07, 6.45) is 7.83. The maximum absolute atomic E-state index is 5.84. The Labute approximate surface area is 144 Å². The predicted molar refractivity (Wildman–Crippen MR) is 101 cm³/mol. The van der Waals surface area contributed by atoms with Gasteiger partial charge < -0.3 is 10.1 Å². The first-order chi connectivity index (χ1) is 10.9. The van der Waals surface area contributed by atoms with Crippen LogP contribution in [0.25, 0.3) is 0 Å². The maximum atomic E-state index is 5.84. The molecule has 0 radical (unpaired) electrons. The van der Waals surface area contributed by atoms with Crippen LogP contribution >= 0.6 is 0 Å². The number of hydrogen-bond donors (Lipinski definition) is 1. The molecule has 2 heteroatoms. The van der Waals surface area contributed by atoms with E-state index in [1.54, 1.807) is 0 Å². The van der Waals surface area contributed by atoms with Gasteiger partial charge in [0.05, 0.1) is 6.61 Å². The molecular weight excluding hydrogens is 282 g/mol. The van der Waals surface area contributed by atoms with Crippen LogP contribution in [0.5, 0.6) is 5.75 Å². The van der Waals surface area contributed by atoms with Crippen LogP contribution in [0.3, 0.4) is 0 Å². The summed E-state index contributed by atoms with van der Waals surface area (Å²) in [6, 6.07) is 8.93. The Balaban J connectivity index is 2.25. The second-order valence-corrected chi connectivity index (χ2v) is 7.85. The van der Waals surface area contributed by atoms with Crippen LogP contribution in [0, 0.1) is 5.41 Å². The Morgan fingerprint density at radius 3 is 2.17 bits per heavy atom. The van der Waals surface area contributed by atoms with Crippen LogP contribution in [-0.4, -0.2) is 13.2 Å². The highest BCUT2D eigenvalue weighted by Gasteiger charge is 2.12. The number of hydrogen-bond acceptors (Lipinski definition) is 2. The normalized spacial score (nSPS) is 13.1. The summed E-state index contributed by atoms with van der Waals surface area (Å²) >= 11 is 0. The smallest absolute Gasteiger partial charge is 0.119 e. The lowest BCUT2D eigenvalue weighted by molar-refractivity contribution is 0.304. The first-order valence-electron chi connectivity index (χ1n) is 9.38. The van der Waals surface area contributed by atoms with Crippen LogP contribution in [0.4, 0.5) is 0 Å². The van der Waals surface area contributed by atoms with Crippen molar-refractivity contribution in [1.29, 1.82) is 0 Å². The Bertz CT molecular complexity index is 405. The van der Waals surface area contributed by atoms with Crippen LogP contribution in [0.2, 0.25) is 0 Å². The Morgan fingerprint density at radius 1 is 0.957 bits per heavy atom. The van der Waals surface area contributed by atoms with Crippen LogP contribution < -0.4 is 10.1 Å². The second-order valence-electron chi connectivity index (χ2n) is 7.85. The molecule has 0 heterocycles. The first kappa shape index (κ1) is 20.0. The third-order valence-electron chi connectivity index (χ3n) is 4.09. The lowest BCUT2D eigenvalue weighted by Gasteiger charge is -2.23. The van der Waals surface area contributed by atoms with E-state index in [9.17, 15) is 0 Å². The Morgan fingerprint density at radius 2 is 1.57 bits per heavy atom. The van der Waals surface area contributed by atoms with Crippen LogP contribution in [-0.2, 0) is 0 Å². The summed E-state index contributed by atoms with van der Waals surface area (Å²) in [7, 11) is 0. The lowest BCUT2D eigenvalue weighted by atomic mass is 9.96. The van der Waals surface area contributed by atoms with E-state index in [2.05, 4.69) is 64.2 Å². The number of ether oxygens (including phenoxy) is 1. The molecule has 0 saturated carbocycles. The molecule has 0 aliphatic rings. The average Bonchev–Trinajstić information content (AvgIpc) is 2.51. The van der Waals surface area contributed by atoms with E-state index >= 15 is 0 Å². The van der Waals surface area contributed by atoms with Gasteiger partial charge in [-0.05, 0) is 36.5 Å². The quantitative estimate of drug-likeness (QED) is 0.496. The second kappa shape index (κ2) is 10.7. The fourth-order valence-electron chi connectivity index (χ4n) is 2.50. The van der Waals surface area contributed by atoms with Gasteiger partial charge in [0.25, 0.3) is 0 Å². The molecule has 23 heavy (non-hydrogen) atoms. The van der Waals surface area contributed by atoms with Crippen LogP contribution in [0.15, 0.2) is 24.3 Å². The van der Waals surface area contributed by atoms with Crippen molar-refractivity contribution in [1.82, 2.24) is 5.32 Å². The average molecular weight is 320 g/mol. The molecule has 132 valence electrons. The van der Waals surface area contributed by atoms with Crippen molar-refractivity contribution in [3.63, 3.8) is 0 Å². The van der Waals surface area contributed by atoms with Crippen molar-refractivity contribution >= 4 is 0 Å². The third-order valence-corrected chi connectivity index (χ3v) is 4.09. The molecule has 0 amide bonds. The molecule has 0 aromatic heterocycles. The highest BCUT2D eigenvalue weighted by Crippen LogP contribution is 2.20. The summed E-state index contributed by atoms with van der Waals surface area (Å²) in [5.74, 6) is 0.991. The summed E-state index contributed by atoms with van der Waals surface area (Å²) in [6.45, 7) is 13.1. The van der Waals surface area contributed by atoms with Gasteiger partial charge >= 0.3 is 0 Å². The predicted octanol–water partition coefficient (Wildman–Crippen LogP) is 6.12. The van der Waals surface area contributed by atoms with Gasteiger partial charge in [0.15, 0.2) is 0 Å². The Hall–Kier alpha value is -1.02. The maximum Gasteiger partial charge on any atom is 0.119 e. The molecule has 1 rings (SSSR count). The van der Waals surface area contributed by atoms with Gasteiger partial charge in [0, 0.05) is 12.6 Å². The highest BCUT2D eigenvalue weighted by molar-refractivity contribution is 5.28. The molecule has 1 unspecified atom stereocenters. The summed E-state index contributed by atoms with van der Waals surface area (Å²) in [5, 5.41) is 3.59. The lowest BCUT2D eigenvalue weighted by Crippen LogP contribution is -2.29. The molecule has 0 fully saturated rings. The summed E-state index contributed by atoms with van der Waals surface area (Å²) < 4.78 is 5.84. The van der Waals surface area contributed by atoms with Crippen molar-refractivity contribution in [2.24, 2.45) is 5.41 Å². The monoisotopic (exact) mass is 319 g/mol. The van der Waals surface area contributed by atoms with Gasteiger partial charge in [-0.2, -0.15) is 0 Å². The first-order valence-corrected chi connectivity index (χ1v) is 9.38. The topological polar surface area (TPSA) is 21.3 Å². The van der Waals surface area contributed by atoms with E-state index in [4.69, 9.17) is 4.74 Å². The zero-order chi connectivity index (χ0) is 17.1. The molecule has 1 aromatic rings. The molecule has 0 spiro atoms. The number of nitrogens with one attached hydrogen (secondary N) is 1. The molecule has 0 aliphatic carbocycles. The molecule has 1 atom stereocenters. The summed E-state index contributed by atoms with van der Waals surface area (Å²) in [4.78, 5) is 0. The highest BCUT2D eigenvalue weighted by atomic mass is 16.5. The molecular formula is C21H37NO. The molecule has 1 N–H and O–H groups in total. The van der Waals surface area contributed by atoms with E-state index in [0.29, 0.717) is 11.5 Å². The van der Waals surface area contributed by atoms with Crippen molar-refractivity contribution < 1.29 is 4.74 Å². The van der Waals surface area contributed by atoms with Crippen molar-refractivity contribution in [3.8, 4) is 5.75 Å². The molecule has 1 aromatic carbocycles. The zero-order valence-corrected chi connectivity index (χ0v) is 16.0. The van der Waals surface area contributed by atoms with Gasteiger partial charge in [-0.25, -0.2) is 0 Å². The largest absolute Gasteiger partial charge is 0.494 e. The van der Waals surface area contributed by atoms with Crippen LogP contribution in [0.1, 0.15) is 84.7 Å². The fraction of sp³-hybridized carbons (Fsp3) is 0.714. The zero-order valence-electron chi connectivity index (χ0n) is 16.0. The number of unbranched alkanes of at least 4 members (excludes halogenated alkanes) is 5. The van der Waals surface area contributed by atoms with Crippen molar-refractivity contribution in [3.05, 3.63) is 29.8 Å². The standard InChI is InChI=1S/C21H37NO/c1-6-7-8-9-10-11-16-23-20-14-12-19(13-15-20)18(2)22-17-21(3,4)5/h12-15,18,22H,6-11,16-17H2,1-5H3. The summed E-state index contributed by atoms with van der Waals surface area (Å²) in [5.41, 5.74) is 1.63. The third kappa shape index (κ3) is 9.65. The van der Waals surface area contributed by atoms with E-state index in [-0.39, 0.29) is 0 Å². The molecule has 0 bridgehead atoms. The van der Waals surface area contributed by atoms with Gasteiger partial charge in [-0.3, -0.25) is 0 Å². The van der Waals surface area contributed by atoms with Gasteiger partial charge in [0.1, 0.15) is 5.75 Å². The molecule has 0 saturated heterocycles. The number of benzene rings is 1. The van der Waals surface area contributed by atoms with Crippen molar-refractivity contribution in [2.45, 2.75) is 79.2 Å².